The van der Waals surface area contributed by atoms with E-state index in [9.17, 15) is 0 Å². The lowest BCUT2D eigenvalue weighted by atomic mass is 10.2. The van der Waals surface area contributed by atoms with Crippen molar-refractivity contribution in [1.82, 2.24) is 4.98 Å². The second-order valence-corrected chi connectivity index (χ2v) is 5.73. The molecule has 0 fully saturated rings. The zero-order valence-corrected chi connectivity index (χ0v) is 13.4. The van der Waals surface area contributed by atoms with Gasteiger partial charge < -0.3 is 9.15 Å². The van der Waals surface area contributed by atoms with Crippen LogP contribution in [0.25, 0.3) is 11.5 Å². The maximum atomic E-state index is 5.79. The van der Waals surface area contributed by atoms with Crippen molar-refractivity contribution >= 4 is 11.8 Å². The predicted octanol–water partition coefficient (Wildman–Crippen LogP) is 4.95. The van der Waals surface area contributed by atoms with E-state index in [1.807, 2.05) is 61.5 Å². The Morgan fingerprint density at radius 2 is 1.77 bits per heavy atom. The molecule has 0 amide bonds. The van der Waals surface area contributed by atoms with Gasteiger partial charge in [0, 0.05) is 10.5 Å². The summed E-state index contributed by atoms with van der Waals surface area (Å²) in [4.78, 5) is 5.75. The molecule has 0 atom stereocenters. The van der Waals surface area contributed by atoms with E-state index in [1.165, 1.54) is 4.90 Å². The highest BCUT2D eigenvalue weighted by Crippen LogP contribution is 2.23. The number of oxazole rings is 1. The van der Waals surface area contributed by atoms with Gasteiger partial charge in [-0.05, 0) is 49.6 Å². The molecule has 2 aromatic carbocycles. The van der Waals surface area contributed by atoms with Gasteiger partial charge in [-0.2, -0.15) is 0 Å². The van der Waals surface area contributed by atoms with Gasteiger partial charge in [0.15, 0.2) is 0 Å². The zero-order valence-electron chi connectivity index (χ0n) is 12.6. The first-order chi connectivity index (χ1) is 10.8. The van der Waals surface area contributed by atoms with Crippen LogP contribution in [0.1, 0.15) is 11.5 Å². The molecule has 0 bridgehead atoms. The van der Waals surface area contributed by atoms with Crippen LogP contribution >= 0.6 is 11.8 Å². The number of hydrogen-bond acceptors (Lipinski definition) is 4. The topological polar surface area (TPSA) is 35.3 Å². The first-order valence-corrected chi connectivity index (χ1v) is 8.27. The molecule has 0 N–H and O–H groups in total. The molecule has 1 heterocycles. The Labute approximate surface area is 134 Å². The standard InChI is InChI=1S/C18H17NO2S/c1-13-17(12-20-15-8-10-16(22-2)11-9-15)19-18(21-13)14-6-4-3-5-7-14/h3-11H,12H2,1-2H3. The van der Waals surface area contributed by atoms with Gasteiger partial charge in [-0.3, -0.25) is 0 Å². The minimum Gasteiger partial charge on any atom is -0.487 e. The Hall–Kier alpha value is -2.20. The fraction of sp³-hybridized carbons (Fsp3) is 0.167. The molecule has 1 aromatic heterocycles. The molecule has 3 rings (SSSR count). The summed E-state index contributed by atoms with van der Waals surface area (Å²) in [5, 5.41) is 0. The van der Waals surface area contributed by atoms with Crippen molar-refractivity contribution in [2.24, 2.45) is 0 Å². The second-order valence-electron chi connectivity index (χ2n) is 4.85. The third-order valence-electron chi connectivity index (χ3n) is 3.35. The molecule has 3 aromatic rings. The van der Waals surface area contributed by atoms with Crippen LogP contribution in [0.4, 0.5) is 0 Å². The Kier molecular flexibility index (Phi) is 4.49. The molecule has 4 heteroatoms. The van der Waals surface area contributed by atoms with Crippen LogP contribution in [0.2, 0.25) is 0 Å². The number of hydrogen-bond donors (Lipinski definition) is 0. The highest BCUT2D eigenvalue weighted by atomic mass is 32.2. The van der Waals surface area contributed by atoms with E-state index >= 15 is 0 Å². The van der Waals surface area contributed by atoms with Gasteiger partial charge in [-0.15, -0.1) is 11.8 Å². The lowest BCUT2D eigenvalue weighted by Gasteiger charge is -2.05. The normalized spacial score (nSPS) is 10.6. The first kappa shape index (κ1) is 14.7. The lowest BCUT2D eigenvalue weighted by molar-refractivity contribution is 0.299. The fourth-order valence-corrected chi connectivity index (χ4v) is 2.50. The molecule has 0 saturated heterocycles. The van der Waals surface area contributed by atoms with Crippen molar-refractivity contribution in [3.8, 4) is 17.2 Å². The number of thioether (sulfide) groups is 1. The van der Waals surface area contributed by atoms with Crippen molar-refractivity contribution in [2.75, 3.05) is 6.26 Å². The molecule has 0 unspecified atom stereocenters. The second kappa shape index (κ2) is 6.71. The largest absolute Gasteiger partial charge is 0.487 e. The van der Waals surface area contributed by atoms with Crippen LogP contribution in [0.3, 0.4) is 0 Å². The third kappa shape index (κ3) is 3.34. The van der Waals surface area contributed by atoms with Gasteiger partial charge in [0.05, 0.1) is 0 Å². The van der Waals surface area contributed by atoms with E-state index in [2.05, 4.69) is 11.2 Å². The first-order valence-electron chi connectivity index (χ1n) is 7.05. The van der Waals surface area contributed by atoms with Gasteiger partial charge in [-0.25, -0.2) is 4.98 Å². The van der Waals surface area contributed by atoms with Gasteiger partial charge >= 0.3 is 0 Å². The highest BCUT2D eigenvalue weighted by Gasteiger charge is 2.11. The van der Waals surface area contributed by atoms with Crippen molar-refractivity contribution in [3.05, 3.63) is 66.1 Å². The van der Waals surface area contributed by atoms with E-state index in [0.717, 1.165) is 22.8 Å². The number of ether oxygens (including phenoxy) is 1. The molecule has 3 nitrogen and oxygen atoms in total. The van der Waals surface area contributed by atoms with Crippen LogP contribution in [0.5, 0.6) is 5.75 Å². The summed E-state index contributed by atoms with van der Waals surface area (Å²) in [5.41, 5.74) is 1.80. The summed E-state index contributed by atoms with van der Waals surface area (Å²) in [6.07, 6.45) is 2.06. The number of nitrogens with zero attached hydrogens (tertiary/aromatic N) is 1. The maximum Gasteiger partial charge on any atom is 0.226 e. The predicted molar refractivity (Wildman–Crippen MR) is 89.2 cm³/mol. The Bertz CT molecular complexity index is 736. The summed E-state index contributed by atoms with van der Waals surface area (Å²) in [6.45, 7) is 2.32. The summed E-state index contributed by atoms with van der Waals surface area (Å²) >= 11 is 1.71. The van der Waals surface area contributed by atoms with Crippen LogP contribution in [-0.2, 0) is 6.61 Å². The van der Waals surface area contributed by atoms with Gasteiger partial charge in [0.2, 0.25) is 5.89 Å². The summed E-state index contributed by atoms with van der Waals surface area (Å²) in [5.74, 6) is 2.26. The van der Waals surface area contributed by atoms with Crippen LogP contribution in [-0.4, -0.2) is 11.2 Å². The summed E-state index contributed by atoms with van der Waals surface area (Å²) in [6, 6.07) is 17.9. The van der Waals surface area contributed by atoms with Gasteiger partial charge in [-0.1, -0.05) is 18.2 Å². The van der Waals surface area contributed by atoms with E-state index in [1.54, 1.807) is 11.8 Å². The van der Waals surface area contributed by atoms with Crippen LogP contribution < -0.4 is 4.74 Å². The molecule has 0 saturated carbocycles. The van der Waals surface area contributed by atoms with Gasteiger partial charge in [0.25, 0.3) is 0 Å². The summed E-state index contributed by atoms with van der Waals surface area (Å²) in [7, 11) is 0. The monoisotopic (exact) mass is 311 g/mol. The average Bonchev–Trinajstić information content (AvgIpc) is 2.95. The smallest absolute Gasteiger partial charge is 0.226 e. The quantitative estimate of drug-likeness (QED) is 0.624. The minimum atomic E-state index is 0.404. The Morgan fingerprint density at radius 1 is 1.05 bits per heavy atom. The summed E-state index contributed by atoms with van der Waals surface area (Å²) < 4.78 is 11.5. The van der Waals surface area contributed by atoms with E-state index in [4.69, 9.17) is 9.15 Å². The molecule has 22 heavy (non-hydrogen) atoms. The third-order valence-corrected chi connectivity index (χ3v) is 4.09. The maximum absolute atomic E-state index is 5.79. The van der Waals surface area contributed by atoms with Crippen LogP contribution in [0, 0.1) is 6.92 Å². The van der Waals surface area contributed by atoms with E-state index < -0.39 is 0 Å². The number of aryl methyl sites for hydroxylation is 1. The molecule has 0 aliphatic heterocycles. The van der Waals surface area contributed by atoms with Crippen molar-refractivity contribution < 1.29 is 9.15 Å². The minimum absolute atomic E-state index is 0.404. The van der Waals surface area contributed by atoms with E-state index in [-0.39, 0.29) is 0 Å². The average molecular weight is 311 g/mol. The molecule has 0 aliphatic carbocycles. The fourth-order valence-electron chi connectivity index (χ4n) is 2.09. The molecular weight excluding hydrogens is 294 g/mol. The molecule has 0 radical (unpaired) electrons. The molecule has 0 aliphatic rings. The van der Waals surface area contributed by atoms with Crippen molar-refractivity contribution in [3.63, 3.8) is 0 Å². The Morgan fingerprint density at radius 3 is 2.45 bits per heavy atom. The van der Waals surface area contributed by atoms with Crippen LogP contribution in [0.15, 0.2) is 63.9 Å². The SMILES string of the molecule is CSc1ccc(OCc2nc(-c3ccccc3)oc2C)cc1. The lowest BCUT2D eigenvalue weighted by Crippen LogP contribution is -1.97. The van der Waals surface area contributed by atoms with E-state index in [0.29, 0.717) is 12.5 Å². The zero-order chi connectivity index (χ0) is 15.4. The number of aromatic nitrogens is 1. The van der Waals surface area contributed by atoms with Crippen molar-refractivity contribution in [1.29, 1.82) is 0 Å². The molecule has 112 valence electrons. The number of benzene rings is 2. The van der Waals surface area contributed by atoms with Crippen molar-refractivity contribution in [2.45, 2.75) is 18.4 Å². The molecule has 0 spiro atoms. The molecular formula is C18H17NO2S. The Balaban J connectivity index is 1.71. The number of rotatable bonds is 5. The van der Waals surface area contributed by atoms with Gasteiger partial charge in [0.1, 0.15) is 23.8 Å². The highest BCUT2D eigenvalue weighted by molar-refractivity contribution is 7.98.